The molecular weight excluding hydrogens is 338 g/mol. The van der Waals surface area contributed by atoms with Crippen molar-refractivity contribution in [3.63, 3.8) is 0 Å². The van der Waals surface area contributed by atoms with E-state index in [2.05, 4.69) is 46.4 Å². The molecule has 5 heteroatoms. The third-order valence-electron chi connectivity index (χ3n) is 5.25. The first-order valence-corrected chi connectivity index (χ1v) is 9.20. The van der Waals surface area contributed by atoms with Gasteiger partial charge in [0, 0.05) is 36.7 Å². The summed E-state index contributed by atoms with van der Waals surface area (Å²) in [7, 11) is 0. The van der Waals surface area contributed by atoms with Crippen molar-refractivity contribution >= 4 is 22.9 Å². The van der Waals surface area contributed by atoms with E-state index in [1.807, 2.05) is 12.1 Å². The molecule has 27 heavy (non-hydrogen) atoms. The Morgan fingerprint density at radius 2 is 2.07 bits per heavy atom. The highest BCUT2D eigenvalue weighted by molar-refractivity contribution is 5.94. The predicted octanol–water partition coefficient (Wildman–Crippen LogP) is 3.15. The molecule has 0 bridgehead atoms. The zero-order chi connectivity index (χ0) is 18.8. The van der Waals surface area contributed by atoms with Crippen LogP contribution in [0.25, 0.3) is 17.0 Å². The number of carbonyl (C=O) groups is 1. The number of nitrogens with one attached hydrogen (secondary N) is 1. The van der Waals surface area contributed by atoms with Crippen molar-refractivity contribution in [3.05, 3.63) is 76.7 Å². The number of benzene rings is 2. The second-order valence-corrected chi connectivity index (χ2v) is 7.06. The molecule has 0 atom stereocenters. The fraction of sp³-hybridized carbons (Fsp3) is 0.227. The summed E-state index contributed by atoms with van der Waals surface area (Å²) >= 11 is 0. The molecule has 4 rings (SSSR count). The van der Waals surface area contributed by atoms with Crippen LogP contribution in [0.3, 0.4) is 0 Å². The SMILES string of the molecule is NC(=O)/C(O)=C/c1ccc2c(c1)CCN(CCc1c[nH]c3ccccc13)C2. The van der Waals surface area contributed by atoms with E-state index in [1.54, 1.807) is 0 Å². The van der Waals surface area contributed by atoms with Gasteiger partial charge in [-0.1, -0.05) is 36.4 Å². The molecule has 4 N–H and O–H groups in total. The second-order valence-electron chi connectivity index (χ2n) is 7.06. The summed E-state index contributed by atoms with van der Waals surface area (Å²) in [5, 5.41) is 10.8. The van der Waals surface area contributed by atoms with Crippen LogP contribution in [0.5, 0.6) is 0 Å². The largest absolute Gasteiger partial charge is 0.503 e. The molecule has 0 saturated carbocycles. The van der Waals surface area contributed by atoms with Crippen LogP contribution in [0.15, 0.2) is 54.4 Å². The van der Waals surface area contributed by atoms with Gasteiger partial charge in [0.15, 0.2) is 5.76 Å². The standard InChI is InChI=1S/C22H23N3O2/c23-22(27)21(26)12-15-5-6-18-14-25(9-7-16(18)11-15)10-8-17-13-24-20-4-2-1-3-19(17)20/h1-6,11-13,24,26H,7-10,14H2,(H2,23,27)/b21-12-. The second kappa shape index (κ2) is 7.29. The molecule has 0 unspecified atom stereocenters. The maximum Gasteiger partial charge on any atom is 0.283 e. The van der Waals surface area contributed by atoms with Crippen LogP contribution in [0.1, 0.15) is 22.3 Å². The van der Waals surface area contributed by atoms with Crippen molar-refractivity contribution < 1.29 is 9.90 Å². The number of aliphatic hydroxyl groups is 1. The van der Waals surface area contributed by atoms with Crippen LogP contribution < -0.4 is 5.73 Å². The van der Waals surface area contributed by atoms with Crippen molar-refractivity contribution in [2.45, 2.75) is 19.4 Å². The minimum atomic E-state index is -0.809. The number of fused-ring (bicyclic) bond motifs is 2. The Balaban J connectivity index is 1.43. The molecule has 3 aromatic rings. The first kappa shape index (κ1) is 17.4. The van der Waals surface area contributed by atoms with Gasteiger partial charge in [-0.3, -0.25) is 9.69 Å². The monoisotopic (exact) mass is 361 g/mol. The number of hydrogen-bond acceptors (Lipinski definition) is 3. The van der Waals surface area contributed by atoms with Crippen molar-refractivity contribution in [2.24, 2.45) is 5.73 Å². The van der Waals surface area contributed by atoms with E-state index in [-0.39, 0.29) is 0 Å². The first-order valence-electron chi connectivity index (χ1n) is 9.20. The quantitative estimate of drug-likeness (QED) is 0.482. The van der Waals surface area contributed by atoms with Gasteiger partial charge in [0.2, 0.25) is 0 Å². The lowest BCUT2D eigenvalue weighted by molar-refractivity contribution is -0.116. The summed E-state index contributed by atoms with van der Waals surface area (Å²) in [5.41, 5.74) is 11.0. The average Bonchev–Trinajstić information content (AvgIpc) is 3.09. The maximum atomic E-state index is 11.0. The van der Waals surface area contributed by atoms with Crippen LogP contribution >= 0.6 is 0 Å². The van der Waals surface area contributed by atoms with E-state index in [9.17, 15) is 9.90 Å². The van der Waals surface area contributed by atoms with E-state index in [4.69, 9.17) is 5.73 Å². The molecular formula is C22H23N3O2. The summed E-state index contributed by atoms with van der Waals surface area (Å²) in [4.78, 5) is 16.8. The lowest BCUT2D eigenvalue weighted by Gasteiger charge is -2.29. The molecule has 1 aliphatic heterocycles. The van der Waals surface area contributed by atoms with Gasteiger partial charge >= 0.3 is 0 Å². The van der Waals surface area contributed by atoms with Crippen LogP contribution in [0, 0.1) is 0 Å². The minimum Gasteiger partial charge on any atom is -0.503 e. The summed E-state index contributed by atoms with van der Waals surface area (Å²) in [6, 6.07) is 14.4. The molecule has 5 nitrogen and oxygen atoms in total. The molecule has 138 valence electrons. The number of H-pyrrole nitrogens is 1. The predicted molar refractivity (Wildman–Crippen MR) is 107 cm³/mol. The Morgan fingerprint density at radius 1 is 1.22 bits per heavy atom. The lowest BCUT2D eigenvalue weighted by Crippen LogP contribution is -2.32. The van der Waals surface area contributed by atoms with Gasteiger partial charge in [-0.25, -0.2) is 0 Å². The number of amides is 1. The highest BCUT2D eigenvalue weighted by Gasteiger charge is 2.17. The van der Waals surface area contributed by atoms with Crippen LogP contribution in [0.2, 0.25) is 0 Å². The lowest BCUT2D eigenvalue weighted by atomic mass is 9.96. The Bertz CT molecular complexity index is 1020. The smallest absolute Gasteiger partial charge is 0.283 e. The molecule has 0 aliphatic carbocycles. The Labute approximate surface area is 158 Å². The first-order chi connectivity index (χ1) is 13.1. The van der Waals surface area contributed by atoms with Gasteiger partial charge in [0.1, 0.15) is 0 Å². The summed E-state index contributed by atoms with van der Waals surface area (Å²) < 4.78 is 0. The van der Waals surface area contributed by atoms with E-state index < -0.39 is 11.7 Å². The van der Waals surface area contributed by atoms with Crippen molar-refractivity contribution in [1.29, 1.82) is 0 Å². The molecule has 2 aromatic carbocycles. The van der Waals surface area contributed by atoms with E-state index >= 15 is 0 Å². The highest BCUT2D eigenvalue weighted by Crippen LogP contribution is 2.23. The zero-order valence-corrected chi connectivity index (χ0v) is 15.1. The molecule has 2 heterocycles. The fourth-order valence-corrected chi connectivity index (χ4v) is 3.76. The van der Waals surface area contributed by atoms with Gasteiger partial charge in [-0.15, -0.1) is 0 Å². The Kier molecular flexibility index (Phi) is 4.69. The number of nitrogens with zero attached hydrogens (tertiary/aromatic N) is 1. The van der Waals surface area contributed by atoms with Gasteiger partial charge in [0.25, 0.3) is 5.91 Å². The number of para-hydroxylation sites is 1. The number of aromatic nitrogens is 1. The third-order valence-corrected chi connectivity index (χ3v) is 5.25. The van der Waals surface area contributed by atoms with E-state index in [1.165, 1.54) is 33.7 Å². The minimum absolute atomic E-state index is 0.411. The molecule has 1 aromatic heterocycles. The van der Waals surface area contributed by atoms with Crippen molar-refractivity contribution in [1.82, 2.24) is 9.88 Å². The van der Waals surface area contributed by atoms with Crippen molar-refractivity contribution in [2.75, 3.05) is 13.1 Å². The molecule has 0 fully saturated rings. The number of rotatable bonds is 5. The number of nitrogens with two attached hydrogens (primary N) is 1. The van der Waals surface area contributed by atoms with E-state index in [0.717, 1.165) is 38.0 Å². The topological polar surface area (TPSA) is 82.3 Å². The number of aliphatic hydroxyl groups excluding tert-OH is 1. The molecule has 0 radical (unpaired) electrons. The van der Waals surface area contributed by atoms with Gasteiger partial charge in [0.05, 0.1) is 0 Å². The average molecular weight is 361 g/mol. The molecule has 0 spiro atoms. The number of hydrogen-bond donors (Lipinski definition) is 3. The number of aromatic amines is 1. The van der Waals surface area contributed by atoms with Crippen LogP contribution in [0.4, 0.5) is 0 Å². The number of primary amides is 1. The third kappa shape index (κ3) is 3.73. The van der Waals surface area contributed by atoms with Crippen LogP contribution in [-0.2, 0) is 24.2 Å². The van der Waals surface area contributed by atoms with Gasteiger partial charge in [-0.2, -0.15) is 0 Å². The highest BCUT2D eigenvalue weighted by atomic mass is 16.3. The summed E-state index contributed by atoms with van der Waals surface area (Å²) in [5.74, 6) is -1.22. The fourth-order valence-electron chi connectivity index (χ4n) is 3.76. The maximum absolute atomic E-state index is 11.0. The zero-order valence-electron chi connectivity index (χ0n) is 15.1. The van der Waals surface area contributed by atoms with Gasteiger partial charge < -0.3 is 15.8 Å². The van der Waals surface area contributed by atoms with Gasteiger partial charge in [-0.05, 0) is 47.2 Å². The van der Waals surface area contributed by atoms with Crippen molar-refractivity contribution in [3.8, 4) is 0 Å². The Morgan fingerprint density at radius 3 is 2.93 bits per heavy atom. The Hall–Kier alpha value is -3.05. The summed E-state index contributed by atoms with van der Waals surface area (Å²) in [6.45, 7) is 2.94. The number of carbonyl (C=O) groups excluding carboxylic acids is 1. The molecule has 0 saturated heterocycles. The normalized spacial score (nSPS) is 15.0. The summed E-state index contributed by atoms with van der Waals surface area (Å²) in [6.07, 6.45) is 5.52. The van der Waals surface area contributed by atoms with Crippen LogP contribution in [-0.4, -0.2) is 34.0 Å². The molecule has 1 aliphatic rings. The van der Waals surface area contributed by atoms with E-state index in [0.29, 0.717) is 0 Å². The molecule has 1 amide bonds.